The molecule has 0 aliphatic rings. The van der Waals surface area contributed by atoms with Gasteiger partial charge in [-0.25, -0.2) is 4.98 Å². The lowest BCUT2D eigenvalue weighted by Crippen LogP contribution is -2.20. The van der Waals surface area contributed by atoms with Crippen LogP contribution in [-0.2, 0) is 13.6 Å². The van der Waals surface area contributed by atoms with Gasteiger partial charge in [0.15, 0.2) is 6.29 Å². The molecule has 0 spiro atoms. The summed E-state index contributed by atoms with van der Waals surface area (Å²) in [6, 6.07) is 0. The number of anilines is 1. The van der Waals surface area contributed by atoms with Gasteiger partial charge in [-0.3, -0.25) is 9.48 Å². The Labute approximate surface area is 110 Å². The molecule has 96 valence electrons. The van der Waals surface area contributed by atoms with Gasteiger partial charge in [0, 0.05) is 19.0 Å². The highest BCUT2D eigenvalue weighted by molar-refractivity contribution is 7.09. The summed E-state index contributed by atoms with van der Waals surface area (Å²) in [6.45, 7) is 4.57. The smallest absolute Gasteiger partial charge is 0.155 e. The fraction of sp³-hybridized carbons (Fsp3) is 0.417. The van der Waals surface area contributed by atoms with Crippen molar-refractivity contribution in [2.75, 3.05) is 11.9 Å². The second-order valence-electron chi connectivity index (χ2n) is 4.28. The minimum Gasteiger partial charge on any atom is -0.354 e. The summed E-state index contributed by atoms with van der Waals surface area (Å²) in [5.41, 5.74) is 4.30. The first-order chi connectivity index (χ1) is 8.54. The fourth-order valence-electron chi connectivity index (χ4n) is 2.02. The summed E-state index contributed by atoms with van der Waals surface area (Å²) < 4.78 is 1.75. The van der Waals surface area contributed by atoms with Crippen LogP contribution in [-0.4, -0.2) is 28.1 Å². The highest BCUT2D eigenvalue weighted by Gasteiger charge is 2.17. The third-order valence-corrected chi connectivity index (χ3v) is 3.86. The molecule has 0 saturated carbocycles. The minimum atomic E-state index is 0.655. The summed E-state index contributed by atoms with van der Waals surface area (Å²) in [5, 5.41) is 4.29. The summed E-state index contributed by atoms with van der Waals surface area (Å²) in [7, 11) is 3.81. The Hall–Kier alpha value is -1.69. The van der Waals surface area contributed by atoms with E-state index in [4.69, 9.17) is 0 Å². The second kappa shape index (κ2) is 4.89. The highest BCUT2D eigenvalue weighted by atomic mass is 32.1. The van der Waals surface area contributed by atoms with E-state index in [0.717, 1.165) is 30.0 Å². The third-order valence-electron chi connectivity index (χ3n) is 2.94. The van der Waals surface area contributed by atoms with E-state index >= 15 is 0 Å². The standard InChI is InChI=1S/C12H16N4OS/c1-8-10(6-17)12(16(4)14-8)15(3)5-11-9(2)13-7-18-11/h6-7H,5H2,1-4H3. The molecule has 0 atom stereocenters. The quantitative estimate of drug-likeness (QED) is 0.792. The van der Waals surface area contributed by atoms with Gasteiger partial charge in [0.1, 0.15) is 5.82 Å². The monoisotopic (exact) mass is 264 g/mol. The van der Waals surface area contributed by atoms with E-state index in [-0.39, 0.29) is 0 Å². The molecule has 0 aliphatic carbocycles. The molecular weight excluding hydrogens is 248 g/mol. The van der Waals surface area contributed by atoms with Crippen molar-refractivity contribution in [2.24, 2.45) is 7.05 Å². The van der Waals surface area contributed by atoms with E-state index in [2.05, 4.69) is 10.1 Å². The van der Waals surface area contributed by atoms with Crippen LogP contribution in [0.15, 0.2) is 5.51 Å². The molecular formula is C12H16N4OS. The number of aldehydes is 1. The number of rotatable bonds is 4. The number of thiazole rings is 1. The highest BCUT2D eigenvalue weighted by Crippen LogP contribution is 2.23. The maximum atomic E-state index is 11.1. The van der Waals surface area contributed by atoms with Gasteiger partial charge in [0.2, 0.25) is 0 Å². The van der Waals surface area contributed by atoms with Gasteiger partial charge in [-0.15, -0.1) is 11.3 Å². The molecule has 2 aromatic rings. The molecule has 0 saturated heterocycles. The summed E-state index contributed by atoms with van der Waals surface area (Å²) in [4.78, 5) is 18.6. The molecule has 2 aromatic heterocycles. The van der Waals surface area contributed by atoms with Crippen LogP contribution in [0.2, 0.25) is 0 Å². The molecule has 0 unspecified atom stereocenters. The van der Waals surface area contributed by atoms with E-state index in [9.17, 15) is 4.79 Å². The number of hydrogen-bond acceptors (Lipinski definition) is 5. The van der Waals surface area contributed by atoms with Crippen LogP contribution in [0.4, 0.5) is 5.82 Å². The Morgan fingerprint density at radius 3 is 2.72 bits per heavy atom. The predicted octanol–water partition coefficient (Wildman–Crippen LogP) is 1.94. The molecule has 2 heterocycles. The minimum absolute atomic E-state index is 0.655. The van der Waals surface area contributed by atoms with E-state index in [1.54, 1.807) is 16.0 Å². The zero-order valence-electron chi connectivity index (χ0n) is 11.0. The van der Waals surface area contributed by atoms with Gasteiger partial charge in [0.25, 0.3) is 0 Å². The topological polar surface area (TPSA) is 51.0 Å². The van der Waals surface area contributed by atoms with Crippen LogP contribution < -0.4 is 4.90 Å². The van der Waals surface area contributed by atoms with Crippen molar-refractivity contribution in [1.29, 1.82) is 0 Å². The van der Waals surface area contributed by atoms with Crippen LogP contribution in [0.25, 0.3) is 0 Å². The first kappa shape index (κ1) is 12.8. The second-order valence-corrected chi connectivity index (χ2v) is 5.22. The number of hydrogen-bond donors (Lipinski definition) is 0. The van der Waals surface area contributed by atoms with Crippen molar-refractivity contribution < 1.29 is 4.79 Å². The van der Waals surface area contributed by atoms with Gasteiger partial charge in [-0.1, -0.05) is 0 Å². The molecule has 0 bridgehead atoms. The Kier molecular flexibility index (Phi) is 3.47. The van der Waals surface area contributed by atoms with E-state index in [1.807, 2.05) is 38.4 Å². The summed E-state index contributed by atoms with van der Waals surface area (Å²) in [5.74, 6) is 0.843. The van der Waals surface area contributed by atoms with Gasteiger partial charge in [-0.2, -0.15) is 5.10 Å². The summed E-state index contributed by atoms with van der Waals surface area (Å²) >= 11 is 1.63. The Morgan fingerprint density at radius 2 is 2.17 bits per heavy atom. The average molecular weight is 264 g/mol. The first-order valence-electron chi connectivity index (χ1n) is 5.63. The lowest BCUT2D eigenvalue weighted by atomic mass is 10.2. The molecule has 6 heteroatoms. The lowest BCUT2D eigenvalue weighted by Gasteiger charge is -2.19. The molecule has 0 aromatic carbocycles. The third kappa shape index (κ3) is 2.15. The van der Waals surface area contributed by atoms with Crippen LogP contribution in [0, 0.1) is 13.8 Å². The molecule has 0 amide bonds. The maximum Gasteiger partial charge on any atom is 0.155 e. The van der Waals surface area contributed by atoms with Crippen molar-refractivity contribution in [2.45, 2.75) is 20.4 Å². The van der Waals surface area contributed by atoms with Crippen molar-refractivity contribution in [1.82, 2.24) is 14.8 Å². The molecule has 18 heavy (non-hydrogen) atoms. The van der Waals surface area contributed by atoms with Crippen LogP contribution >= 0.6 is 11.3 Å². The number of carbonyl (C=O) groups excluding carboxylic acids is 1. The molecule has 2 rings (SSSR count). The number of carbonyl (C=O) groups is 1. The van der Waals surface area contributed by atoms with Crippen molar-refractivity contribution >= 4 is 23.4 Å². The number of aryl methyl sites for hydroxylation is 3. The average Bonchev–Trinajstić information content (AvgIpc) is 2.82. The largest absolute Gasteiger partial charge is 0.354 e. The molecule has 0 fully saturated rings. The van der Waals surface area contributed by atoms with Gasteiger partial charge in [-0.05, 0) is 13.8 Å². The van der Waals surface area contributed by atoms with E-state index < -0.39 is 0 Å². The predicted molar refractivity (Wildman–Crippen MR) is 72.3 cm³/mol. The number of nitrogens with zero attached hydrogens (tertiary/aromatic N) is 4. The zero-order valence-corrected chi connectivity index (χ0v) is 11.8. The molecule has 5 nitrogen and oxygen atoms in total. The fourth-order valence-corrected chi connectivity index (χ4v) is 2.85. The van der Waals surface area contributed by atoms with Gasteiger partial charge < -0.3 is 4.90 Å². The SMILES string of the molecule is Cc1ncsc1CN(C)c1c(C=O)c(C)nn1C. The maximum absolute atomic E-state index is 11.1. The molecule has 0 radical (unpaired) electrons. The van der Waals surface area contributed by atoms with Crippen LogP contribution in [0.1, 0.15) is 26.6 Å². The van der Waals surface area contributed by atoms with E-state index in [1.165, 1.54) is 4.88 Å². The molecule has 0 aliphatic heterocycles. The van der Waals surface area contributed by atoms with E-state index in [0.29, 0.717) is 5.56 Å². The Bertz CT molecular complexity index is 573. The summed E-state index contributed by atoms with van der Waals surface area (Å²) in [6.07, 6.45) is 0.869. The lowest BCUT2D eigenvalue weighted by molar-refractivity contribution is 0.112. The first-order valence-corrected chi connectivity index (χ1v) is 6.51. The van der Waals surface area contributed by atoms with Crippen molar-refractivity contribution in [3.63, 3.8) is 0 Å². The normalized spacial score (nSPS) is 10.7. The van der Waals surface area contributed by atoms with Gasteiger partial charge in [0.05, 0.1) is 29.0 Å². The number of aromatic nitrogens is 3. The van der Waals surface area contributed by atoms with Crippen LogP contribution in [0.3, 0.4) is 0 Å². The Morgan fingerprint density at radius 1 is 1.44 bits per heavy atom. The van der Waals surface area contributed by atoms with Gasteiger partial charge >= 0.3 is 0 Å². The van der Waals surface area contributed by atoms with Crippen molar-refractivity contribution in [3.8, 4) is 0 Å². The van der Waals surface area contributed by atoms with Crippen LogP contribution in [0.5, 0.6) is 0 Å². The zero-order chi connectivity index (χ0) is 13.3. The molecule has 0 N–H and O–H groups in total. The Balaban J connectivity index is 2.32. The van der Waals surface area contributed by atoms with Crippen molar-refractivity contribution in [3.05, 3.63) is 27.3 Å².